The predicted molar refractivity (Wildman–Crippen MR) is 112 cm³/mol. The second-order valence-electron chi connectivity index (χ2n) is 8.15. The van der Waals surface area contributed by atoms with Gasteiger partial charge >= 0.3 is 6.18 Å². The van der Waals surface area contributed by atoms with Crippen LogP contribution in [0.25, 0.3) is 0 Å². The van der Waals surface area contributed by atoms with Gasteiger partial charge in [-0.15, -0.1) is 0 Å². The van der Waals surface area contributed by atoms with Crippen LogP contribution in [0.5, 0.6) is 0 Å². The van der Waals surface area contributed by atoms with Crippen LogP contribution in [0.2, 0.25) is 5.02 Å². The highest BCUT2D eigenvalue weighted by atomic mass is 35.5. The molecule has 1 fully saturated rings. The Labute approximate surface area is 197 Å². The van der Waals surface area contributed by atoms with E-state index in [4.69, 9.17) is 11.6 Å². The Morgan fingerprint density at radius 1 is 1.24 bits per heavy atom. The van der Waals surface area contributed by atoms with Crippen LogP contribution < -0.4 is 5.32 Å². The summed E-state index contributed by atoms with van der Waals surface area (Å²) in [5.74, 6) is -2.06. The molecular formula is C21H20ClF5N2O4S. The molecule has 1 heterocycles. The van der Waals surface area contributed by atoms with Gasteiger partial charge in [0.1, 0.15) is 17.7 Å². The van der Waals surface area contributed by atoms with Gasteiger partial charge in [-0.25, -0.2) is 22.2 Å². The summed E-state index contributed by atoms with van der Waals surface area (Å²) in [5, 5.41) is 12.1. The molecular weight excluding hydrogens is 507 g/mol. The largest absolute Gasteiger partial charge is 0.433 e. The van der Waals surface area contributed by atoms with E-state index in [1.807, 2.05) is 0 Å². The minimum absolute atomic E-state index is 0.0596. The Morgan fingerprint density at radius 2 is 1.85 bits per heavy atom. The summed E-state index contributed by atoms with van der Waals surface area (Å²) >= 11 is 6.06. The number of alkyl halides is 4. The standard InChI is InChI=1S/C21H20ClF5N2O4S/c1-34(32,33)19-13(5-6-15(28-19)21(25,26)27)18(30)29-17(12-3-2-4-14(24)16(12)22)20(31)9-7-11(23)8-10-20/h2-6,11,17,31H,7-10H2,1H3,(H,29,30). The van der Waals surface area contributed by atoms with Crippen LogP contribution in [-0.2, 0) is 16.0 Å². The number of halogens is 6. The highest BCUT2D eigenvalue weighted by molar-refractivity contribution is 7.90. The summed E-state index contributed by atoms with van der Waals surface area (Å²) in [6, 6.07) is 3.28. The summed E-state index contributed by atoms with van der Waals surface area (Å²) in [6.45, 7) is 0. The molecule has 1 aliphatic rings. The summed E-state index contributed by atoms with van der Waals surface area (Å²) in [7, 11) is -4.39. The van der Waals surface area contributed by atoms with Crippen molar-refractivity contribution in [3.8, 4) is 0 Å². The van der Waals surface area contributed by atoms with Gasteiger partial charge in [0.25, 0.3) is 5.91 Å². The highest BCUT2D eigenvalue weighted by Gasteiger charge is 2.44. The van der Waals surface area contributed by atoms with Crippen molar-refractivity contribution in [1.29, 1.82) is 0 Å². The zero-order valence-electron chi connectivity index (χ0n) is 17.7. The second-order valence-corrected chi connectivity index (χ2v) is 10.5. The summed E-state index contributed by atoms with van der Waals surface area (Å²) in [6.07, 6.45) is -5.99. The third kappa shape index (κ3) is 5.49. The summed E-state index contributed by atoms with van der Waals surface area (Å²) in [4.78, 5) is 16.2. The monoisotopic (exact) mass is 526 g/mol. The van der Waals surface area contributed by atoms with E-state index in [2.05, 4.69) is 10.3 Å². The molecule has 6 nitrogen and oxygen atoms in total. The van der Waals surface area contributed by atoms with E-state index in [9.17, 15) is 40.3 Å². The Bertz CT molecular complexity index is 1200. The van der Waals surface area contributed by atoms with Crippen LogP contribution in [0.3, 0.4) is 0 Å². The number of aromatic nitrogens is 1. The van der Waals surface area contributed by atoms with Crippen molar-refractivity contribution < 1.29 is 40.3 Å². The molecule has 1 unspecified atom stereocenters. The molecule has 1 aromatic carbocycles. The molecule has 13 heteroatoms. The molecule has 0 radical (unpaired) electrons. The number of hydrogen-bond acceptors (Lipinski definition) is 5. The zero-order valence-corrected chi connectivity index (χ0v) is 19.2. The number of aliphatic hydroxyl groups is 1. The average Bonchev–Trinajstić information content (AvgIpc) is 2.74. The van der Waals surface area contributed by atoms with Crippen LogP contribution in [-0.4, -0.2) is 42.4 Å². The molecule has 0 bridgehead atoms. The van der Waals surface area contributed by atoms with Crippen molar-refractivity contribution in [2.24, 2.45) is 0 Å². The Hall–Kier alpha value is -2.31. The van der Waals surface area contributed by atoms with Gasteiger partial charge in [-0.05, 0) is 49.4 Å². The lowest BCUT2D eigenvalue weighted by molar-refractivity contribution is -0.141. The first kappa shape index (κ1) is 26.3. The van der Waals surface area contributed by atoms with Crippen molar-refractivity contribution >= 4 is 27.3 Å². The maximum Gasteiger partial charge on any atom is 0.433 e. The predicted octanol–water partition coefficient (Wildman–Crippen LogP) is 4.41. The van der Waals surface area contributed by atoms with Crippen LogP contribution in [0.15, 0.2) is 35.4 Å². The molecule has 1 aromatic heterocycles. The molecule has 1 atom stereocenters. The molecule has 2 aromatic rings. The molecule has 0 saturated heterocycles. The van der Waals surface area contributed by atoms with Crippen molar-refractivity contribution in [3.63, 3.8) is 0 Å². The number of nitrogens with zero attached hydrogens (tertiary/aromatic N) is 1. The van der Waals surface area contributed by atoms with E-state index in [0.717, 1.165) is 6.07 Å². The van der Waals surface area contributed by atoms with Gasteiger partial charge in [-0.3, -0.25) is 4.79 Å². The maximum atomic E-state index is 14.1. The molecule has 0 spiro atoms. The molecule has 186 valence electrons. The van der Waals surface area contributed by atoms with E-state index < -0.39 is 66.9 Å². The van der Waals surface area contributed by atoms with E-state index in [1.165, 1.54) is 12.1 Å². The first-order valence-electron chi connectivity index (χ1n) is 10.0. The van der Waals surface area contributed by atoms with Gasteiger partial charge in [-0.2, -0.15) is 13.2 Å². The minimum atomic E-state index is -4.97. The SMILES string of the molecule is CS(=O)(=O)c1nc(C(F)(F)F)ccc1C(=O)NC(c1cccc(F)c1Cl)C1(O)CCC(F)CC1. The number of amides is 1. The molecule has 1 aliphatic carbocycles. The fourth-order valence-electron chi connectivity index (χ4n) is 3.88. The van der Waals surface area contributed by atoms with Crippen molar-refractivity contribution in [2.45, 2.75) is 54.7 Å². The van der Waals surface area contributed by atoms with E-state index in [1.54, 1.807) is 0 Å². The molecule has 1 amide bonds. The number of hydrogen-bond donors (Lipinski definition) is 2. The number of sulfone groups is 1. The van der Waals surface area contributed by atoms with Crippen LogP contribution in [0.1, 0.15) is 53.3 Å². The number of nitrogens with one attached hydrogen (secondary N) is 1. The number of carbonyl (C=O) groups excluding carboxylic acids is 1. The van der Waals surface area contributed by atoms with Crippen LogP contribution in [0.4, 0.5) is 22.0 Å². The lowest BCUT2D eigenvalue weighted by Gasteiger charge is -2.41. The van der Waals surface area contributed by atoms with Crippen molar-refractivity contribution in [3.05, 3.63) is 58.0 Å². The fourth-order valence-corrected chi connectivity index (χ4v) is 4.94. The third-order valence-electron chi connectivity index (χ3n) is 5.63. The molecule has 34 heavy (non-hydrogen) atoms. The first-order valence-corrected chi connectivity index (χ1v) is 12.3. The normalized spacial score (nSPS) is 22.3. The quantitative estimate of drug-likeness (QED) is 0.563. The Morgan fingerprint density at radius 3 is 2.41 bits per heavy atom. The first-order chi connectivity index (χ1) is 15.6. The average molecular weight is 527 g/mol. The number of benzene rings is 1. The topological polar surface area (TPSA) is 96.4 Å². The Balaban J connectivity index is 2.09. The fraction of sp³-hybridized carbons (Fsp3) is 0.429. The lowest BCUT2D eigenvalue weighted by Crippen LogP contribution is -2.49. The van der Waals surface area contributed by atoms with Gasteiger partial charge in [0.15, 0.2) is 14.9 Å². The maximum absolute atomic E-state index is 14.1. The van der Waals surface area contributed by atoms with Gasteiger partial charge in [0.05, 0.1) is 22.2 Å². The lowest BCUT2D eigenvalue weighted by atomic mass is 9.76. The number of carbonyl (C=O) groups is 1. The Kier molecular flexibility index (Phi) is 7.26. The molecule has 1 saturated carbocycles. The van der Waals surface area contributed by atoms with Gasteiger partial charge < -0.3 is 10.4 Å². The van der Waals surface area contributed by atoms with Crippen molar-refractivity contribution in [2.75, 3.05) is 6.26 Å². The minimum Gasteiger partial charge on any atom is -0.387 e. The number of rotatable bonds is 5. The summed E-state index contributed by atoms with van der Waals surface area (Å²) in [5.41, 5.74) is -4.08. The zero-order chi connectivity index (χ0) is 25.5. The van der Waals surface area contributed by atoms with E-state index in [-0.39, 0.29) is 31.2 Å². The van der Waals surface area contributed by atoms with E-state index >= 15 is 0 Å². The van der Waals surface area contributed by atoms with Gasteiger partial charge in [0, 0.05) is 6.26 Å². The van der Waals surface area contributed by atoms with Crippen LogP contribution >= 0.6 is 11.6 Å². The van der Waals surface area contributed by atoms with E-state index in [0.29, 0.717) is 18.4 Å². The molecule has 2 N–H and O–H groups in total. The van der Waals surface area contributed by atoms with Crippen LogP contribution in [0, 0.1) is 5.82 Å². The molecule has 3 rings (SSSR count). The number of pyridine rings is 1. The second kappa shape index (κ2) is 9.38. The summed E-state index contributed by atoms with van der Waals surface area (Å²) < 4.78 is 91.3. The molecule has 0 aliphatic heterocycles. The highest BCUT2D eigenvalue weighted by Crippen LogP contribution is 2.42. The van der Waals surface area contributed by atoms with Gasteiger partial charge in [-0.1, -0.05) is 23.7 Å². The third-order valence-corrected chi connectivity index (χ3v) is 7.05. The van der Waals surface area contributed by atoms with Gasteiger partial charge in [0.2, 0.25) is 0 Å². The van der Waals surface area contributed by atoms with Crippen molar-refractivity contribution in [1.82, 2.24) is 10.3 Å². The smallest absolute Gasteiger partial charge is 0.387 e.